The molecule has 7 heteroatoms. The van der Waals surface area contributed by atoms with Crippen molar-refractivity contribution in [3.05, 3.63) is 71.8 Å². The minimum Gasteiger partial charge on any atom is -0.464 e. The summed E-state index contributed by atoms with van der Waals surface area (Å²) in [7, 11) is 1.32. The van der Waals surface area contributed by atoms with Crippen LogP contribution in [0.25, 0.3) is 11.1 Å². The molecule has 27 heavy (non-hydrogen) atoms. The summed E-state index contributed by atoms with van der Waals surface area (Å²) in [5, 5.41) is 2.83. The summed E-state index contributed by atoms with van der Waals surface area (Å²) in [4.78, 5) is 31.1. The number of H-pyrrole nitrogens is 1. The van der Waals surface area contributed by atoms with Gasteiger partial charge in [0, 0.05) is 41.4 Å². The van der Waals surface area contributed by atoms with Crippen molar-refractivity contribution in [3.8, 4) is 11.1 Å². The van der Waals surface area contributed by atoms with E-state index in [4.69, 9.17) is 10.5 Å². The van der Waals surface area contributed by atoms with Crippen LogP contribution in [-0.2, 0) is 4.74 Å². The fourth-order valence-electron chi connectivity index (χ4n) is 2.76. The number of ether oxygens (including phenoxy) is 1. The molecule has 1 unspecified atom stereocenters. The number of rotatable bonds is 5. The van der Waals surface area contributed by atoms with Gasteiger partial charge in [0.2, 0.25) is 0 Å². The average molecular weight is 364 g/mol. The Kier molecular flexibility index (Phi) is 5.33. The van der Waals surface area contributed by atoms with E-state index in [1.165, 1.54) is 7.11 Å². The number of anilines is 1. The number of carbonyl (C=O) groups excluding carboxylic acids is 2. The highest BCUT2D eigenvalue weighted by Gasteiger charge is 2.16. The van der Waals surface area contributed by atoms with Crippen LogP contribution in [0.15, 0.2) is 55.0 Å². The molecule has 0 bridgehead atoms. The molecule has 0 saturated heterocycles. The Morgan fingerprint density at radius 3 is 2.59 bits per heavy atom. The highest BCUT2D eigenvalue weighted by Crippen LogP contribution is 2.29. The topological polar surface area (TPSA) is 110 Å². The van der Waals surface area contributed by atoms with Crippen molar-refractivity contribution in [1.82, 2.24) is 9.97 Å². The third-order valence-corrected chi connectivity index (χ3v) is 4.14. The largest absolute Gasteiger partial charge is 0.464 e. The van der Waals surface area contributed by atoms with Crippen molar-refractivity contribution < 1.29 is 14.3 Å². The van der Waals surface area contributed by atoms with E-state index in [0.29, 0.717) is 16.9 Å². The van der Waals surface area contributed by atoms with Gasteiger partial charge in [-0.25, -0.2) is 4.79 Å². The van der Waals surface area contributed by atoms with Crippen LogP contribution in [0.4, 0.5) is 5.69 Å². The van der Waals surface area contributed by atoms with Crippen LogP contribution in [0, 0.1) is 0 Å². The van der Waals surface area contributed by atoms with Crippen molar-refractivity contribution in [2.24, 2.45) is 5.73 Å². The number of methoxy groups -OCH3 is 1. The molecule has 7 nitrogen and oxygen atoms in total. The summed E-state index contributed by atoms with van der Waals surface area (Å²) in [5.74, 6) is -0.711. The third-order valence-electron chi connectivity index (χ3n) is 4.14. The molecule has 2 heterocycles. The molecular weight excluding hydrogens is 344 g/mol. The molecule has 0 fully saturated rings. The lowest BCUT2D eigenvalue weighted by Gasteiger charge is -2.14. The van der Waals surface area contributed by atoms with Gasteiger partial charge in [-0.15, -0.1) is 0 Å². The number of amides is 1. The SMILES string of the molecule is COC(=O)c1cc(-c2cc(C(=O)Nc3ccncc3)ccc2C(C)N)c[nH]1. The predicted octanol–water partition coefficient (Wildman–Crippen LogP) is 3.14. The van der Waals surface area contributed by atoms with Gasteiger partial charge in [-0.2, -0.15) is 0 Å². The number of nitrogens with zero attached hydrogens (tertiary/aromatic N) is 1. The molecule has 4 N–H and O–H groups in total. The Morgan fingerprint density at radius 2 is 1.93 bits per heavy atom. The molecule has 3 rings (SSSR count). The monoisotopic (exact) mass is 364 g/mol. The fourth-order valence-corrected chi connectivity index (χ4v) is 2.76. The quantitative estimate of drug-likeness (QED) is 0.603. The number of esters is 1. The van der Waals surface area contributed by atoms with Crippen molar-refractivity contribution in [2.75, 3.05) is 12.4 Å². The fraction of sp³-hybridized carbons (Fsp3) is 0.150. The van der Waals surface area contributed by atoms with Gasteiger partial charge in [-0.3, -0.25) is 9.78 Å². The molecule has 138 valence electrons. The summed E-state index contributed by atoms with van der Waals surface area (Å²) >= 11 is 0. The Morgan fingerprint density at radius 1 is 1.19 bits per heavy atom. The molecule has 1 amide bonds. The third kappa shape index (κ3) is 4.04. The van der Waals surface area contributed by atoms with Crippen LogP contribution < -0.4 is 11.1 Å². The lowest BCUT2D eigenvalue weighted by atomic mass is 9.95. The van der Waals surface area contributed by atoms with E-state index in [1.807, 2.05) is 13.0 Å². The molecule has 1 atom stereocenters. The van der Waals surface area contributed by atoms with E-state index in [0.717, 1.165) is 16.7 Å². The van der Waals surface area contributed by atoms with Crippen LogP contribution >= 0.6 is 0 Å². The van der Waals surface area contributed by atoms with Gasteiger partial charge in [0.25, 0.3) is 5.91 Å². The molecule has 0 radical (unpaired) electrons. The molecular formula is C20H20N4O3. The molecule has 0 saturated carbocycles. The van der Waals surface area contributed by atoms with Crippen LogP contribution in [-0.4, -0.2) is 29.0 Å². The number of aromatic amines is 1. The lowest BCUT2D eigenvalue weighted by molar-refractivity contribution is 0.0594. The highest BCUT2D eigenvalue weighted by atomic mass is 16.5. The molecule has 0 aliphatic rings. The lowest BCUT2D eigenvalue weighted by Crippen LogP contribution is -2.13. The second-order valence-electron chi connectivity index (χ2n) is 6.07. The smallest absolute Gasteiger partial charge is 0.354 e. The highest BCUT2D eigenvalue weighted by molar-refractivity contribution is 6.05. The summed E-state index contributed by atoms with van der Waals surface area (Å²) < 4.78 is 4.73. The zero-order valence-electron chi connectivity index (χ0n) is 15.0. The first-order valence-electron chi connectivity index (χ1n) is 8.37. The van der Waals surface area contributed by atoms with Crippen LogP contribution in [0.2, 0.25) is 0 Å². The van der Waals surface area contributed by atoms with Gasteiger partial charge in [0.05, 0.1) is 7.11 Å². The summed E-state index contributed by atoms with van der Waals surface area (Å²) in [6.45, 7) is 1.86. The Hall–Kier alpha value is -3.45. The minimum atomic E-state index is -0.463. The number of hydrogen-bond donors (Lipinski definition) is 3. The number of benzene rings is 1. The van der Waals surface area contributed by atoms with E-state index >= 15 is 0 Å². The average Bonchev–Trinajstić information content (AvgIpc) is 3.17. The van der Waals surface area contributed by atoms with Gasteiger partial charge in [-0.05, 0) is 48.4 Å². The Bertz CT molecular complexity index is 964. The first-order chi connectivity index (χ1) is 13.0. The zero-order chi connectivity index (χ0) is 19.4. The standard InChI is InChI=1S/C20H20N4O3/c1-12(21)16-4-3-13(19(25)24-15-5-7-22-8-6-15)9-17(16)14-10-18(23-11-14)20(26)27-2/h3-12,23H,21H2,1-2H3,(H,22,24,25). The van der Waals surface area contributed by atoms with E-state index < -0.39 is 5.97 Å². The maximum atomic E-state index is 12.6. The van der Waals surface area contributed by atoms with Crippen molar-refractivity contribution >= 4 is 17.6 Å². The van der Waals surface area contributed by atoms with Crippen LogP contribution in [0.1, 0.15) is 39.4 Å². The van der Waals surface area contributed by atoms with Gasteiger partial charge in [-0.1, -0.05) is 6.07 Å². The maximum absolute atomic E-state index is 12.6. The van der Waals surface area contributed by atoms with E-state index in [9.17, 15) is 9.59 Å². The normalized spacial score (nSPS) is 11.7. The number of nitrogens with two attached hydrogens (primary N) is 1. The Labute approximate surface area is 156 Å². The number of pyridine rings is 1. The van der Waals surface area contributed by atoms with Crippen molar-refractivity contribution in [1.29, 1.82) is 0 Å². The maximum Gasteiger partial charge on any atom is 0.354 e. The molecule has 0 aliphatic heterocycles. The van der Waals surface area contributed by atoms with E-state index in [2.05, 4.69) is 15.3 Å². The van der Waals surface area contributed by atoms with Gasteiger partial charge < -0.3 is 20.8 Å². The van der Waals surface area contributed by atoms with Gasteiger partial charge in [0.1, 0.15) is 5.69 Å². The first kappa shape index (κ1) is 18.3. The number of nitrogens with one attached hydrogen (secondary N) is 2. The first-order valence-corrected chi connectivity index (χ1v) is 8.37. The molecule has 0 spiro atoms. The molecule has 2 aromatic heterocycles. The number of carbonyl (C=O) groups is 2. The number of hydrogen-bond acceptors (Lipinski definition) is 5. The molecule has 1 aromatic carbocycles. The second kappa shape index (κ2) is 7.84. The second-order valence-corrected chi connectivity index (χ2v) is 6.07. The van der Waals surface area contributed by atoms with E-state index in [-0.39, 0.29) is 11.9 Å². The Balaban J connectivity index is 1.97. The molecule has 3 aromatic rings. The van der Waals surface area contributed by atoms with Crippen molar-refractivity contribution in [2.45, 2.75) is 13.0 Å². The molecule has 0 aliphatic carbocycles. The zero-order valence-corrected chi connectivity index (χ0v) is 15.0. The summed E-state index contributed by atoms with van der Waals surface area (Å²) in [6.07, 6.45) is 4.90. The van der Waals surface area contributed by atoms with Gasteiger partial charge in [0.15, 0.2) is 0 Å². The van der Waals surface area contributed by atoms with Crippen LogP contribution in [0.3, 0.4) is 0 Å². The van der Waals surface area contributed by atoms with Gasteiger partial charge >= 0.3 is 5.97 Å². The summed E-state index contributed by atoms with van der Waals surface area (Å²) in [6, 6.07) is 10.2. The van der Waals surface area contributed by atoms with Crippen LogP contribution in [0.5, 0.6) is 0 Å². The summed E-state index contributed by atoms with van der Waals surface area (Å²) in [5.41, 5.74) is 9.94. The number of aromatic nitrogens is 2. The predicted molar refractivity (Wildman–Crippen MR) is 102 cm³/mol. The minimum absolute atomic E-state index is 0.242. The van der Waals surface area contributed by atoms with E-state index in [1.54, 1.807) is 48.9 Å². The van der Waals surface area contributed by atoms with Crippen molar-refractivity contribution in [3.63, 3.8) is 0 Å².